The standard InChI is InChI=1S/C21H20N6O/c1-13-17(12-23-26(13)2)19-8-9-22-20-11-18(25-27(19)20)21(28)24-16-7-6-14-4-3-5-15(14)10-16/h6-12H,3-5H2,1-2H3,(H,24,28). The van der Waals surface area contributed by atoms with Gasteiger partial charge in [-0.25, -0.2) is 9.50 Å². The number of carbonyl (C=O) groups is 1. The van der Waals surface area contributed by atoms with Gasteiger partial charge in [0.15, 0.2) is 11.3 Å². The molecule has 0 saturated heterocycles. The minimum atomic E-state index is -0.239. The van der Waals surface area contributed by atoms with E-state index in [9.17, 15) is 4.79 Å². The Morgan fingerprint density at radius 1 is 1.14 bits per heavy atom. The zero-order valence-electron chi connectivity index (χ0n) is 15.8. The van der Waals surface area contributed by atoms with Gasteiger partial charge in [-0.05, 0) is 55.5 Å². The van der Waals surface area contributed by atoms with Gasteiger partial charge < -0.3 is 5.32 Å². The van der Waals surface area contributed by atoms with Crippen molar-refractivity contribution < 1.29 is 4.79 Å². The first-order valence-electron chi connectivity index (χ1n) is 9.37. The Balaban J connectivity index is 1.49. The van der Waals surface area contributed by atoms with Crippen LogP contribution in [0, 0.1) is 6.92 Å². The van der Waals surface area contributed by atoms with Crippen molar-refractivity contribution in [2.45, 2.75) is 26.2 Å². The van der Waals surface area contributed by atoms with E-state index < -0.39 is 0 Å². The van der Waals surface area contributed by atoms with Crippen molar-refractivity contribution in [3.05, 3.63) is 65.2 Å². The van der Waals surface area contributed by atoms with Gasteiger partial charge in [-0.15, -0.1) is 0 Å². The Kier molecular flexibility index (Phi) is 3.75. The van der Waals surface area contributed by atoms with Crippen LogP contribution in [-0.4, -0.2) is 30.3 Å². The molecular weight excluding hydrogens is 352 g/mol. The van der Waals surface area contributed by atoms with Crippen LogP contribution in [0.4, 0.5) is 5.69 Å². The van der Waals surface area contributed by atoms with Crippen molar-refractivity contribution in [2.75, 3.05) is 5.32 Å². The van der Waals surface area contributed by atoms with Crippen LogP contribution in [0.2, 0.25) is 0 Å². The summed E-state index contributed by atoms with van der Waals surface area (Å²) in [4.78, 5) is 17.1. The fraction of sp³-hybridized carbons (Fsp3) is 0.238. The number of benzene rings is 1. The van der Waals surface area contributed by atoms with E-state index >= 15 is 0 Å². The lowest BCUT2D eigenvalue weighted by molar-refractivity contribution is 0.102. The third kappa shape index (κ3) is 2.67. The van der Waals surface area contributed by atoms with E-state index in [0.717, 1.165) is 35.5 Å². The number of nitrogens with zero attached hydrogens (tertiary/aromatic N) is 5. The Morgan fingerprint density at radius 2 is 2.00 bits per heavy atom. The summed E-state index contributed by atoms with van der Waals surface area (Å²) in [5.41, 5.74) is 7.30. The van der Waals surface area contributed by atoms with Crippen LogP contribution in [0.25, 0.3) is 16.9 Å². The molecule has 1 amide bonds. The van der Waals surface area contributed by atoms with Crippen molar-refractivity contribution in [3.8, 4) is 11.3 Å². The smallest absolute Gasteiger partial charge is 0.276 e. The molecule has 0 unspecified atom stereocenters. The van der Waals surface area contributed by atoms with Gasteiger partial charge in [0.2, 0.25) is 0 Å². The van der Waals surface area contributed by atoms with Crippen LogP contribution in [0.1, 0.15) is 33.7 Å². The minimum Gasteiger partial charge on any atom is -0.321 e. The molecule has 1 aliphatic carbocycles. The second kappa shape index (κ2) is 6.30. The molecule has 3 heterocycles. The Morgan fingerprint density at radius 3 is 2.82 bits per heavy atom. The molecule has 0 aliphatic heterocycles. The van der Waals surface area contributed by atoms with Gasteiger partial charge in [-0.2, -0.15) is 10.2 Å². The maximum Gasteiger partial charge on any atom is 0.276 e. The Hall–Kier alpha value is -3.48. The number of anilines is 1. The number of hydrogen-bond acceptors (Lipinski definition) is 4. The van der Waals surface area contributed by atoms with Crippen molar-refractivity contribution in [1.29, 1.82) is 0 Å². The third-order valence-electron chi connectivity index (χ3n) is 5.46. The maximum absolute atomic E-state index is 12.8. The van der Waals surface area contributed by atoms with Crippen molar-refractivity contribution in [1.82, 2.24) is 24.4 Å². The molecule has 0 radical (unpaired) electrons. The summed E-state index contributed by atoms with van der Waals surface area (Å²) < 4.78 is 3.51. The highest BCUT2D eigenvalue weighted by molar-refractivity contribution is 6.03. The third-order valence-corrected chi connectivity index (χ3v) is 5.46. The fourth-order valence-electron chi connectivity index (χ4n) is 3.81. The van der Waals surface area contributed by atoms with Gasteiger partial charge in [-0.3, -0.25) is 9.48 Å². The molecule has 0 saturated carbocycles. The summed E-state index contributed by atoms with van der Waals surface area (Å²) in [5.74, 6) is -0.239. The molecule has 3 aromatic heterocycles. The van der Waals surface area contributed by atoms with Crippen molar-refractivity contribution in [2.24, 2.45) is 7.05 Å². The molecule has 1 aromatic carbocycles. The molecule has 1 N–H and O–H groups in total. The average Bonchev–Trinajstić information content (AvgIpc) is 3.40. The summed E-state index contributed by atoms with van der Waals surface area (Å²) in [5, 5.41) is 11.8. The quantitative estimate of drug-likeness (QED) is 0.599. The lowest BCUT2D eigenvalue weighted by atomic mass is 10.1. The highest BCUT2D eigenvalue weighted by Crippen LogP contribution is 2.26. The fourth-order valence-corrected chi connectivity index (χ4v) is 3.81. The number of fused-ring (bicyclic) bond motifs is 2. The maximum atomic E-state index is 12.8. The molecule has 0 atom stereocenters. The van der Waals surface area contributed by atoms with Crippen molar-refractivity contribution in [3.63, 3.8) is 0 Å². The topological polar surface area (TPSA) is 77.1 Å². The van der Waals surface area contributed by atoms with E-state index in [-0.39, 0.29) is 5.91 Å². The first kappa shape index (κ1) is 16.7. The normalized spacial score (nSPS) is 13.1. The SMILES string of the molecule is Cc1c(-c2ccnc3cc(C(=O)Nc4ccc5c(c4)CCC5)nn23)cnn1C. The first-order valence-corrected chi connectivity index (χ1v) is 9.37. The molecule has 1 aliphatic rings. The van der Waals surface area contributed by atoms with Gasteiger partial charge in [0.25, 0.3) is 5.91 Å². The van der Waals surface area contributed by atoms with E-state index in [1.54, 1.807) is 23.0 Å². The summed E-state index contributed by atoms with van der Waals surface area (Å²) in [6.45, 7) is 2.00. The zero-order chi connectivity index (χ0) is 19.3. The first-order chi connectivity index (χ1) is 13.6. The molecule has 140 valence electrons. The molecule has 0 bridgehead atoms. The van der Waals surface area contributed by atoms with Crippen LogP contribution in [0.3, 0.4) is 0 Å². The number of hydrogen-bond donors (Lipinski definition) is 1. The monoisotopic (exact) mass is 372 g/mol. The van der Waals surface area contributed by atoms with Crippen LogP contribution in [0.5, 0.6) is 0 Å². The van der Waals surface area contributed by atoms with Crippen LogP contribution < -0.4 is 5.32 Å². The van der Waals surface area contributed by atoms with Gasteiger partial charge in [0, 0.05) is 36.3 Å². The Bertz CT molecular complexity index is 1220. The summed E-state index contributed by atoms with van der Waals surface area (Å²) >= 11 is 0. The molecule has 0 spiro atoms. The molecule has 7 heteroatoms. The highest BCUT2D eigenvalue weighted by Gasteiger charge is 2.17. The predicted octanol–water partition coefficient (Wildman–Crippen LogP) is 3.18. The van der Waals surface area contributed by atoms with E-state index in [0.29, 0.717) is 11.3 Å². The average molecular weight is 372 g/mol. The lowest BCUT2D eigenvalue weighted by Gasteiger charge is -2.06. The molecule has 7 nitrogen and oxygen atoms in total. The van der Waals surface area contributed by atoms with Gasteiger partial charge in [0.1, 0.15) is 0 Å². The number of aromatic nitrogens is 5. The van der Waals surface area contributed by atoms with Crippen LogP contribution in [0.15, 0.2) is 42.7 Å². The van der Waals surface area contributed by atoms with E-state index in [1.807, 2.05) is 30.8 Å². The number of nitrogens with one attached hydrogen (secondary N) is 1. The highest BCUT2D eigenvalue weighted by atomic mass is 16.1. The number of carbonyl (C=O) groups excluding carboxylic acids is 1. The number of aryl methyl sites for hydroxylation is 3. The lowest BCUT2D eigenvalue weighted by Crippen LogP contribution is -2.13. The largest absolute Gasteiger partial charge is 0.321 e. The zero-order valence-corrected chi connectivity index (χ0v) is 15.8. The van der Waals surface area contributed by atoms with E-state index in [2.05, 4.69) is 32.6 Å². The van der Waals surface area contributed by atoms with Crippen LogP contribution in [-0.2, 0) is 19.9 Å². The molecular formula is C21H20N6O. The van der Waals surface area contributed by atoms with Gasteiger partial charge in [-0.1, -0.05) is 6.07 Å². The predicted molar refractivity (Wildman–Crippen MR) is 106 cm³/mol. The summed E-state index contributed by atoms with van der Waals surface area (Å²) in [6.07, 6.45) is 6.90. The second-order valence-electron chi connectivity index (χ2n) is 7.19. The van der Waals surface area contributed by atoms with E-state index in [1.165, 1.54) is 17.5 Å². The Labute approximate surface area is 162 Å². The molecule has 4 aromatic rings. The number of rotatable bonds is 3. The second-order valence-corrected chi connectivity index (χ2v) is 7.19. The summed E-state index contributed by atoms with van der Waals surface area (Å²) in [7, 11) is 1.90. The molecule has 5 rings (SSSR count). The van der Waals surface area contributed by atoms with Crippen molar-refractivity contribution >= 4 is 17.2 Å². The van der Waals surface area contributed by atoms with Gasteiger partial charge in [0.05, 0.1) is 11.9 Å². The minimum absolute atomic E-state index is 0.239. The van der Waals surface area contributed by atoms with Crippen LogP contribution >= 0.6 is 0 Å². The van der Waals surface area contributed by atoms with E-state index in [4.69, 9.17) is 0 Å². The molecule has 28 heavy (non-hydrogen) atoms. The summed E-state index contributed by atoms with van der Waals surface area (Å²) in [6, 6.07) is 9.72. The van der Waals surface area contributed by atoms with Gasteiger partial charge >= 0.3 is 0 Å². The number of amides is 1. The molecule has 0 fully saturated rings.